The lowest BCUT2D eigenvalue weighted by atomic mass is 9.98. The molecule has 1 aromatic heterocycles. The van der Waals surface area contributed by atoms with Gasteiger partial charge in [0, 0.05) is 17.6 Å². The number of piperidine rings is 1. The molecular weight excluding hydrogens is 328 g/mol. The minimum Gasteiger partial charge on any atom is -0.366 e. The lowest BCUT2D eigenvalue weighted by Crippen LogP contribution is -2.45. The molecule has 7 heteroatoms. The van der Waals surface area contributed by atoms with E-state index in [0.717, 1.165) is 48.5 Å². The van der Waals surface area contributed by atoms with E-state index in [0.29, 0.717) is 16.9 Å². The molecule has 0 unspecified atom stereocenters. The van der Waals surface area contributed by atoms with Gasteiger partial charge in [0.25, 0.3) is 5.91 Å². The maximum Gasteiger partial charge on any atom is 0.251 e. The number of nitrogens with zero attached hydrogens (tertiary/aromatic N) is 2. The van der Waals surface area contributed by atoms with E-state index >= 15 is 0 Å². The highest BCUT2D eigenvalue weighted by Crippen LogP contribution is 2.33. The average Bonchev–Trinajstić information content (AvgIpc) is 2.99. The Morgan fingerprint density at radius 2 is 2.04 bits per heavy atom. The number of anilines is 1. The summed E-state index contributed by atoms with van der Waals surface area (Å²) in [6.07, 6.45) is 1.92. The van der Waals surface area contributed by atoms with Gasteiger partial charge in [-0.15, -0.1) is 0 Å². The van der Waals surface area contributed by atoms with Crippen molar-refractivity contribution in [1.82, 2.24) is 15.3 Å². The van der Waals surface area contributed by atoms with Crippen molar-refractivity contribution in [2.24, 2.45) is 5.73 Å². The number of hydrogen-bond donors (Lipinski definition) is 4. The van der Waals surface area contributed by atoms with Gasteiger partial charge in [-0.2, -0.15) is 0 Å². The zero-order chi connectivity index (χ0) is 19.0. The molecule has 1 aliphatic rings. The number of primary amides is 1. The number of nitrogens with two attached hydrogens (primary N) is 1. The summed E-state index contributed by atoms with van der Waals surface area (Å²) < 4.78 is 0. The van der Waals surface area contributed by atoms with E-state index in [2.05, 4.69) is 29.1 Å². The molecule has 0 radical (unpaired) electrons. The molecule has 0 aliphatic carbocycles. The number of aromatic nitrogens is 2. The number of nitrogens with one attached hydrogen (secondary N) is 3. The summed E-state index contributed by atoms with van der Waals surface area (Å²) in [5, 5.41) is 11.7. The molecule has 1 amide bonds. The molecule has 2 aromatic rings. The molecule has 0 saturated carbocycles. The fourth-order valence-corrected chi connectivity index (χ4v) is 3.79. The number of aromatic amines is 1. The summed E-state index contributed by atoms with van der Waals surface area (Å²) >= 11 is 0. The van der Waals surface area contributed by atoms with Gasteiger partial charge in [-0.3, -0.25) is 10.2 Å². The molecule has 1 aliphatic heterocycles. The van der Waals surface area contributed by atoms with Crippen molar-refractivity contribution in [3.8, 4) is 0 Å². The Morgan fingerprint density at radius 1 is 1.38 bits per heavy atom. The number of benzene rings is 1. The molecule has 1 aromatic carbocycles. The number of carbonyl (C=O) groups is 1. The van der Waals surface area contributed by atoms with E-state index in [1.165, 1.54) is 0 Å². The Morgan fingerprint density at radius 3 is 2.58 bits per heavy atom. The predicted molar refractivity (Wildman–Crippen MR) is 105 cm³/mol. The third-order valence-electron chi connectivity index (χ3n) is 5.12. The van der Waals surface area contributed by atoms with E-state index in [9.17, 15) is 4.79 Å². The van der Waals surface area contributed by atoms with Crippen molar-refractivity contribution >= 4 is 28.5 Å². The summed E-state index contributed by atoms with van der Waals surface area (Å²) in [7, 11) is 0. The second-order valence-electron chi connectivity index (χ2n) is 7.37. The van der Waals surface area contributed by atoms with Crippen LogP contribution < -0.4 is 16.0 Å². The third kappa shape index (κ3) is 3.19. The Balaban J connectivity index is 2.22. The number of H-pyrrole nitrogens is 1. The monoisotopic (exact) mass is 356 g/mol. The van der Waals surface area contributed by atoms with Crippen LogP contribution in [0.25, 0.3) is 11.0 Å². The Kier molecular flexibility index (Phi) is 5.00. The molecule has 1 saturated heterocycles. The van der Waals surface area contributed by atoms with E-state index in [1.807, 2.05) is 17.9 Å². The molecule has 26 heavy (non-hydrogen) atoms. The van der Waals surface area contributed by atoms with Crippen molar-refractivity contribution in [3.63, 3.8) is 0 Å². The largest absolute Gasteiger partial charge is 0.366 e. The summed E-state index contributed by atoms with van der Waals surface area (Å²) in [6.45, 7) is 9.66. The topological polar surface area (TPSA) is 111 Å². The minimum atomic E-state index is -0.482. The standard InChI is InChI=1S/C19H28N6O/c1-10(2)19-23-14-9-15(11(3)16(18(21)26)17(14)24-19)25(12(4)20)13-5-7-22-8-6-13/h9-10,13,20,22H,5-8H2,1-4H3,(H2,21,26)(H,23,24). The fraction of sp³-hybridized carbons (Fsp3) is 0.526. The minimum absolute atomic E-state index is 0.219. The highest BCUT2D eigenvalue weighted by molar-refractivity contribution is 6.09. The van der Waals surface area contributed by atoms with Crippen molar-refractivity contribution in [2.45, 2.75) is 52.5 Å². The summed E-state index contributed by atoms with van der Waals surface area (Å²) in [4.78, 5) is 22.2. The maximum absolute atomic E-state index is 12.2. The number of amides is 1. The van der Waals surface area contributed by atoms with Crippen LogP contribution in [0.2, 0.25) is 0 Å². The van der Waals surface area contributed by atoms with Crippen LogP contribution in [0, 0.1) is 12.3 Å². The number of fused-ring (bicyclic) bond motifs is 1. The van der Waals surface area contributed by atoms with E-state index in [4.69, 9.17) is 11.1 Å². The fourth-order valence-electron chi connectivity index (χ4n) is 3.79. The highest BCUT2D eigenvalue weighted by atomic mass is 16.1. The number of hydrogen-bond acceptors (Lipinski definition) is 4. The smallest absolute Gasteiger partial charge is 0.251 e. The summed E-state index contributed by atoms with van der Waals surface area (Å²) in [5.74, 6) is 1.04. The van der Waals surface area contributed by atoms with E-state index < -0.39 is 5.91 Å². The van der Waals surface area contributed by atoms with Gasteiger partial charge >= 0.3 is 0 Å². The summed E-state index contributed by atoms with van der Waals surface area (Å²) in [6, 6.07) is 2.24. The van der Waals surface area contributed by atoms with Gasteiger partial charge in [-0.05, 0) is 51.4 Å². The average molecular weight is 356 g/mol. The van der Waals surface area contributed by atoms with Gasteiger partial charge in [-0.25, -0.2) is 4.98 Å². The number of rotatable bonds is 4. The van der Waals surface area contributed by atoms with Crippen LogP contribution >= 0.6 is 0 Å². The van der Waals surface area contributed by atoms with Gasteiger partial charge in [0.1, 0.15) is 11.3 Å². The van der Waals surface area contributed by atoms with Crippen molar-refractivity contribution < 1.29 is 4.79 Å². The number of imidazole rings is 1. The lowest BCUT2D eigenvalue weighted by molar-refractivity contribution is 0.100. The second-order valence-corrected chi connectivity index (χ2v) is 7.37. The zero-order valence-corrected chi connectivity index (χ0v) is 15.9. The van der Waals surface area contributed by atoms with Crippen molar-refractivity contribution in [3.05, 3.63) is 23.0 Å². The number of amidine groups is 1. The van der Waals surface area contributed by atoms with E-state index in [1.54, 1.807) is 6.92 Å². The van der Waals surface area contributed by atoms with Crippen LogP contribution in [-0.2, 0) is 0 Å². The lowest BCUT2D eigenvalue weighted by Gasteiger charge is -2.36. The van der Waals surface area contributed by atoms with Crippen LogP contribution in [0.5, 0.6) is 0 Å². The maximum atomic E-state index is 12.2. The Labute approximate surface area is 153 Å². The molecule has 3 rings (SSSR count). The highest BCUT2D eigenvalue weighted by Gasteiger charge is 2.27. The predicted octanol–water partition coefficient (Wildman–Crippen LogP) is 2.65. The third-order valence-corrected chi connectivity index (χ3v) is 5.12. The van der Waals surface area contributed by atoms with Crippen LogP contribution in [0.3, 0.4) is 0 Å². The first-order chi connectivity index (χ1) is 12.3. The first kappa shape index (κ1) is 18.4. The normalized spacial score (nSPS) is 15.6. The SMILES string of the molecule is CC(=N)N(c1cc2[nH]c(C(C)C)nc2c(C(N)=O)c1C)C1CCNCC1. The van der Waals surface area contributed by atoms with Crippen LogP contribution in [0.1, 0.15) is 61.3 Å². The van der Waals surface area contributed by atoms with Crippen molar-refractivity contribution in [2.75, 3.05) is 18.0 Å². The summed E-state index contributed by atoms with van der Waals surface area (Å²) in [5.41, 5.74) is 9.23. The molecular formula is C19H28N6O. The van der Waals surface area contributed by atoms with Gasteiger partial charge in [-0.1, -0.05) is 13.8 Å². The van der Waals surface area contributed by atoms with Crippen LogP contribution in [-0.4, -0.2) is 40.8 Å². The van der Waals surface area contributed by atoms with Crippen molar-refractivity contribution in [1.29, 1.82) is 5.41 Å². The first-order valence-electron chi connectivity index (χ1n) is 9.19. The molecule has 7 nitrogen and oxygen atoms in total. The molecule has 0 spiro atoms. The molecule has 5 N–H and O–H groups in total. The van der Waals surface area contributed by atoms with Gasteiger partial charge in [0.2, 0.25) is 0 Å². The molecule has 2 heterocycles. The van der Waals surface area contributed by atoms with E-state index in [-0.39, 0.29) is 12.0 Å². The first-order valence-corrected chi connectivity index (χ1v) is 9.19. The second kappa shape index (κ2) is 7.07. The van der Waals surface area contributed by atoms with Crippen LogP contribution in [0.4, 0.5) is 5.69 Å². The molecule has 1 fully saturated rings. The quantitative estimate of drug-likeness (QED) is 0.498. The van der Waals surface area contributed by atoms with Crippen LogP contribution in [0.15, 0.2) is 6.07 Å². The molecule has 0 atom stereocenters. The van der Waals surface area contributed by atoms with Gasteiger partial charge in [0.15, 0.2) is 0 Å². The number of carbonyl (C=O) groups excluding carboxylic acids is 1. The molecule has 140 valence electrons. The Bertz CT molecular complexity index is 847. The Hall–Kier alpha value is -2.41. The van der Waals surface area contributed by atoms with Gasteiger partial charge in [0.05, 0.1) is 16.9 Å². The zero-order valence-electron chi connectivity index (χ0n) is 15.9. The molecule has 0 bridgehead atoms. The van der Waals surface area contributed by atoms with Gasteiger partial charge < -0.3 is 20.9 Å².